The lowest BCUT2D eigenvalue weighted by molar-refractivity contribution is -0.914. The molecule has 20 heavy (non-hydrogen) atoms. The van der Waals surface area contributed by atoms with Crippen LogP contribution >= 0.6 is 15.9 Å². The Morgan fingerprint density at radius 3 is 2.50 bits per heavy atom. The van der Waals surface area contributed by atoms with Gasteiger partial charge >= 0.3 is 0 Å². The van der Waals surface area contributed by atoms with E-state index in [2.05, 4.69) is 35.1 Å². The summed E-state index contributed by atoms with van der Waals surface area (Å²) in [4.78, 5) is 13.4. The highest BCUT2D eigenvalue weighted by molar-refractivity contribution is 9.10. The lowest BCUT2D eigenvalue weighted by atomic mass is 10.2. The molecule has 1 aliphatic rings. The number of morpholine rings is 1. The van der Waals surface area contributed by atoms with E-state index in [4.69, 9.17) is 4.74 Å². The maximum absolute atomic E-state index is 11.9. The molecule has 0 radical (unpaired) electrons. The van der Waals surface area contributed by atoms with E-state index in [1.807, 2.05) is 24.3 Å². The molecule has 1 heterocycles. The summed E-state index contributed by atoms with van der Waals surface area (Å²) in [5, 5.41) is 2.93. The van der Waals surface area contributed by atoms with E-state index >= 15 is 0 Å². The topological polar surface area (TPSA) is 42.8 Å². The summed E-state index contributed by atoms with van der Waals surface area (Å²) in [5.74, 6) is 0.0756. The quantitative estimate of drug-likeness (QED) is 0.870. The zero-order chi connectivity index (χ0) is 14.5. The number of hydrogen-bond acceptors (Lipinski definition) is 2. The van der Waals surface area contributed by atoms with Crippen LogP contribution in [0.25, 0.3) is 0 Å². The third-order valence-electron chi connectivity index (χ3n) is 3.45. The molecule has 0 saturated carbocycles. The minimum atomic E-state index is 0.0756. The van der Waals surface area contributed by atoms with Gasteiger partial charge in [0, 0.05) is 10.2 Å². The summed E-state index contributed by atoms with van der Waals surface area (Å²) in [5.41, 5.74) is 0.844. The molecule has 2 unspecified atom stereocenters. The standard InChI is InChI=1S/C15H21BrN2O2/c1-11-9-18(10-12(2)20-11)8-7-15(19)17-14-5-3-13(16)4-6-14/h3-6,11-12H,7-10H2,1-2H3,(H,17,19)/p+1. The summed E-state index contributed by atoms with van der Waals surface area (Å²) >= 11 is 3.38. The SMILES string of the molecule is CC1C[NH+](CCC(=O)Nc2ccc(Br)cc2)CC(C)O1. The largest absolute Gasteiger partial charge is 0.364 e. The van der Waals surface area contributed by atoms with Gasteiger partial charge in [-0.1, -0.05) is 15.9 Å². The molecule has 2 N–H and O–H groups in total. The minimum Gasteiger partial charge on any atom is -0.364 e. The molecule has 110 valence electrons. The van der Waals surface area contributed by atoms with Crippen LogP contribution in [0.1, 0.15) is 20.3 Å². The van der Waals surface area contributed by atoms with Gasteiger partial charge < -0.3 is 15.0 Å². The minimum absolute atomic E-state index is 0.0756. The Labute approximate surface area is 128 Å². The van der Waals surface area contributed by atoms with Crippen molar-refractivity contribution in [1.29, 1.82) is 0 Å². The maximum atomic E-state index is 11.9. The van der Waals surface area contributed by atoms with Gasteiger partial charge in [-0.25, -0.2) is 0 Å². The van der Waals surface area contributed by atoms with Crippen molar-refractivity contribution in [1.82, 2.24) is 0 Å². The summed E-state index contributed by atoms with van der Waals surface area (Å²) in [6.45, 7) is 7.02. The highest BCUT2D eigenvalue weighted by atomic mass is 79.9. The Hall–Kier alpha value is -0.910. The number of amides is 1. The van der Waals surface area contributed by atoms with Crippen molar-refractivity contribution >= 4 is 27.5 Å². The van der Waals surface area contributed by atoms with Crippen LogP contribution < -0.4 is 10.2 Å². The number of quaternary nitrogens is 1. The van der Waals surface area contributed by atoms with Crippen LogP contribution in [0, 0.1) is 0 Å². The van der Waals surface area contributed by atoms with Gasteiger partial charge in [0.25, 0.3) is 0 Å². The fourth-order valence-electron chi connectivity index (χ4n) is 2.64. The molecule has 1 fully saturated rings. The molecule has 0 bridgehead atoms. The Bertz CT molecular complexity index is 440. The van der Waals surface area contributed by atoms with E-state index in [1.54, 1.807) is 0 Å². The van der Waals surface area contributed by atoms with E-state index in [9.17, 15) is 4.79 Å². The molecule has 4 nitrogen and oxygen atoms in total. The van der Waals surface area contributed by atoms with E-state index < -0.39 is 0 Å². The van der Waals surface area contributed by atoms with Crippen molar-refractivity contribution in [3.63, 3.8) is 0 Å². The molecule has 2 atom stereocenters. The van der Waals surface area contributed by atoms with Crippen molar-refractivity contribution in [2.24, 2.45) is 0 Å². The Balaban J connectivity index is 1.76. The van der Waals surface area contributed by atoms with E-state index in [0.29, 0.717) is 6.42 Å². The second-order valence-electron chi connectivity index (χ2n) is 5.47. The summed E-state index contributed by atoms with van der Waals surface area (Å²) in [6.07, 6.45) is 1.11. The highest BCUT2D eigenvalue weighted by Crippen LogP contribution is 2.14. The number of rotatable bonds is 4. The molecule has 5 heteroatoms. The Morgan fingerprint density at radius 1 is 1.30 bits per heavy atom. The zero-order valence-electron chi connectivity index (χ0n) is 12.0. The van der Waals surface area contributed by atoms with Crippen molar-refractivity contribution in [2.75, 3.05) is 25.0 Å². The predicted octanol–water partition coefficient (Wildman–Crippen LogP) is 1.47. The first-order chi connectivity index (χ1) is 9.52. The molecule has 0 aromatic heterocycles. The van der Waals surface area contributed by atoms with E-state index in [1.165, 1.54) is 4.90 Å². The Morgan fingerprint density at radius 2 is 1.90 bits per heavy atom. The van der Waals surface area contributed by atoms with Gasteiger partial charge in [0.1, 0.15) is 25.3 Å². The van der Waals surface area contributed by atoms with Crippen molar-refractivity contribution in [3.8, 4) is 0 Å². The van der Waals surface area contributed by atoms with Crippen LogP contribution in [0.3, 0.4) is 0 Å². The van der Waals surface area contributed by atoms with Crippen LogP contribution in [0.4, 0.5) is 5.69 Å². The molecular formula is C15H22BrN2O2+. The van der Waals surface area contributed by atoms with Crippen LogP contribution in [0.5, 0.6) is 0 Å². The van der Waals surface area contributed by atoms with Gasteiger partial charge in [-0.05, 0) is 38.1 Å². The molecule has 0 aliphatic carbocycles. The number of benzene rings is 1. The molecule has 1 aliphatic heterocycles. The molecule has 1 saturated heterocycles. The number of carbonyl (C=O) groups excluding carboxylic acids is 1. The highest BCUT2D eigenvalue weighted by Gasteiger charge is 2.25. The average Bonchev–Trinajstić information content (AvgIpc) is 2.38. The number of carbonyl (C=O) groups is 1. The molecular weight excluding hydrogens is 320 g/mol. The van der Waals surface area contributed by atoms with Gasteiger partial charge in [0.05, 0.1) is 13.0 Å². The lowest BCUT2D eigenvalue weighted by Crippen LogP contribution is -3.15. The monoisotopic (exact) mass is 341 g/mol. The van der Waals surface area contributed by atoms with Gasteiger partial charge in [-0.3, -0.25) is 4.79 Å². The number of hydrogen-bond donors (Lipinski definition) is 2. The Kier molecular flexibility index (Phi) is 5.57. The average molecular weight is 342 g/mol. The van der Waals surface area contributed by atoms with Crippen LogP contribution in [-0.4, -0.2) is 37.7 Å². The normalized spacial score (nSPS) is 26.2. The van der Waals surface area contributed by atoms with Crippen LogP contribution in [-0.2, 0) is 9.53 Å². The van der Waals surface area contributed by atoms with Crippen LogP contribution in [0.15, 0.2) is 28.7 Å². The number of ether oxygens (including phenoxy) is 1. The van der Waals surface area contributed by atoms with E-state index in [0.717, 1.165) is 29.8 Å². The first kappa shape index (κ1) is 15.5. The molecule has 0 spiro atoms. The van der Waals surface area contributed by atoms with Gasteiger partial charge in [0.15, 0.2) is 0 Å². The maximum Gasteiger partial charge on any atom is 0.230 e. The fourth-order valence-corrected chi connectivity index (χ4v) is 2.90. The van der Waals surface area contributed by atoms with Crippen molar-refractivity contribution in [2.45, 2.75) is 32.5 Å². The van der Waals surface area contributed by atoms with Gasteiger partial charge in [-0.2, -0.15) is 0 Å². The summed E-state index contributed by atoms with van der Waals surface area (Å²) < 4.78 is 6.71. The third kappa shape index (κ3) is 4.89. The van der Waals surface area contributed by atoms with Crippen LogP contribution in [0.2, 0.25) is 0 Å². The molecule has 1 amide bonds. The third-order valence-corrected chi connectivity index (χ3v) is 3.98. The number of halogens is 1. The van der Waals surface area contributed by atoms with E-state index in [-0.39, 0.29) is 18.1 Å². The second kappa shape index (κ2) is 7.20. The predicted molar refractivity (Wildman–Crippen MR) is 83.0 cm³/mol. The summed E-state index contributed by atoms with van der Waals surface area (Å²) in [7, 11) is 0. The summed E-state index contributed by atoms with van der Waals surface area (Å²) in [6, 6.07) is 7.64. The molecule has 1 aromatic carbocycles. The molecule has 2 rings (SSSR count). The smallest absolute Gasteiger partial charge is 0.230 e. The van der Waals surface area contributed by atoms with Crippen molar-refractivity contribution < 1.29 is 14.4 Å². The van der Waals surface area contributed by atoms with Crippen molar-refractivity contribution in [3.05, 3.63) is 28.7 Å². The molecule has 1 aromatic rings. The van der Waals surface area contributed by atoms with Gasteiger partial charge in [-0.15, -0.1) is 0 Å². The van der Waals surface area contributed by atoms with Gasteiger partial charge in [0.2, 0.25) is 5.91 Å². The number of nitrogens with one attached hydrogen (secondary N) is 2. The second-order valence-corrected chi connectivity index (χ2v) is 6.39. The lowest BCUT2D eigenvalue weighted by Gasteiger charge is -2.32. The fraction of sp³-hybridized carbons (Fsp3) is 0.533. The first-order valence-electron chi connectivity index (χ1n) is 7.07. The zero-order valence-corrected chi connectivity index (χ0v) is 13.6. The first-order valence-corrected chi connectivity index (χ1v) is 7.86. The number of anilines is 1.